The lowest BCUT2D eigenvalue weighted by atomic mass is 9.98. The van der Waals surface area contributed by atoms with Gasteiger partial charge < -0.3 is 15.0 Å². The van der Waals surface area contributed by atoms with Crippen molar-refractivity contribution in [3.8, 4) is 0 Å². The van der Waals surface area contributed by atoms with E-state index in [2.05, 4.69) is 5.32 Å². The number of amides is 2. The number of nitrogens with one attached hydrogen (secondary N) is 1. The van der Waals surface area contributed by atoms with Gasteiger partial charge in [-0.05, 0) is 38.0 Å². The van der Waals surface area contributed by atoms with Crippen molar-refractivity contribution in [1.82, 2.24) is 10.2 Å². The van der Waals surface area contributed by atoms with E-state index >= 15 is 0 Å². The molecule has 0 aromatic rings. The number of nitrogens with zero attached hydrogens (tertiary/aromatic N) is 1. The Labute approximate surface area is 121 Å². The largest absolute Gasteiger partial charge is 0.385 e. The van der Waals surface area contributed by atoms with Crippen molar-refractivity contribution < 1.29 is 14.3 Å². The molecule has 1 saturated carbocycles. The minimum Gasteiger partial charge on any atom is -0.385 e. The van der Waals surface area contributed by atoms with Crippen LogP contribution in [0, 0.1) is 5.41 Å². The second kappa shape index (κ2) is 6.12. The number of methoxy groups -OCH3 is 1. The molecule has 1 saturated heterocycles. The van der Waals surface area contributed by atoms with Gasteiger partial charge in [-0.2, -0.15) is 0 Å². The van der Waals surface area contributed by atoms with Crippen molar-refractivity contribution in [3.63, 3.8) is 0 Å². The molecular formula is C15H26N2O3. The molecule has 2 amide bonds. The van der Waals surface area contributed by atoms with Gasteiger partial charge in [0.25, 0.3) is 0 Å². The summed E-state index contributed by atoms with van der Waals surface area (Å²) < 4.78 is 5.16. The summed E-state index contributed by atoms with van der Waals surface area (Å²) in [6, 6.07) is -0.683. The Kier molecular flexibility index (Phi) is 4.68. The van der Waals surface area contributed by atoms with Crippen LogP contribution in [0.2, 0.25) is 0 Å². The van der Waals surface area contributed by atoms with Gasteiger partial charge in [0.1, 0.15) is 12.1 Å². The standard InChI is InChI=1S/C15H26N2O3/c1-4-5-12-14(19)17(11(2)13(18)16-12)10-15(6-7-15)8-9-20-3/h11-12H,4-10H2,1-3H3,(H,16,18). The average Bonchev–Trinajstić information content (AvgIpc) is 3.19. The third-order valence-electron chi connectivity index (χ3n) is 4.62. The van der Waals surface area contributed by atoms with Gasteiger partial charge in [-0.15, -0.1) is 0 Å². The lowest BCUT2D eigenvalue weighted by molar-refractivity contribution is -0.149. The van der Waals surface area contributed by atoms with E-state index in [1.165, 1.54) is 0 Å². The molecule has 2 aliphatic rings. The smallest absolute Gasteiger partial charge is 0.245 e. The second-order valence-corrected chi connectivity index (χ2v) is 6.23. The first kappa shape index (κ1) is 15.3. The molecule has 2 rings (SSSR count). The summed E-state index contributed by atoms with van der Waals surface area (Å²) in [5.74, 6) is 0.0632. The van der Waals surface area contributed by atoms with Crippen LogP contribution in [0.4, 0.5) is 0 Å². The van der Waals surface area contributed by atoms with Gasteiger partial charge in [0.05, 0.1) is 0 Å². The third kappa shape index (κ3) is 3.14. The highest BCUT2D eigenvalue weighted by Gasteiger charge is 2.48. The predicted octanol–water partition coefficient (Wildman–Crippen LogP) is 1.32. The summed E-state index contributed by atoms with van der Waals surface area (Å²) in [6.07, 6.45) is 4.85. The third-order valence-corrected chi connectivity index (χ3v) is 4.62. The van der Waals surface area contributed by atoms with Crippen LogP contribution in [0.1, 0.15) is 46.0 Å². The molecule has 0 spiro atoms. The Balaban J connectivity index is 2.03. The Hall–Kier alpha value is -1.10. The summed E-state index contributed by atoms with van der Waals surface area (Å²) in [4.78, 5) is 26.4. The van der Waals surface area contributed by atoms with Crippen molar-refractivity contribution >= 4 is 11.8 Å². The number of carbonyl (C=O) groups excluding carboxylic acids is 2. The quantitative estimate of drug-likeness (QED) is 0.766. The van der Waals surface area contributed by atoms with E-state index in [1.807, 2.05) is 13.8 Å². The molecule has 0 radical (unpaired) electrons. The van der Waals surface area contributed by atoms with Crippen LogP contribution in [-0.2, 0) is 14.3 Å². The first-order chi connectivity index (χ1) is 9.53. The molecule has 2 fully saturated rings. The molecular weight excluding hydrogens is 256 g/mol. The SMILES string of the molecule is CCCC1NC(=O)C(C)N(CC2(CCOC)CC2)C1=O. The molecule has 5 heteroatoms. The Bertz CT molecular complexity index is 379. The summed E-state index contributed by atoms with van der Waals surface area (Å²) in [7, 11) is 1.70. The van der Waals surface area contributed by atoms with E-state index < -0.39 is 0 Å². The topological polar surface area (TPSA) is 58.6 Å². The van der Waals surface area contributed by atoms with Crippen LogP contribution in [0.25, 0.3) is 0 Å². The zero-order valence-corrected chi connectivity index (χ0v) is 12.8. The van der Waals surface area contributed by atoms with Crippen molar-refractivity contribution in [2.75, 3.05) is 20.3 Å². The van der Waals surface area contributed by atoms with Crippen LogP contribution in [-0.4, -0.2) is 49.1 Å². The van der Waals surface area contributed by atoms with Crippen molar-refractivity contribution in [3.05, 3.63) is 0 Å². The van der Waals surface area contributed by atoms with E-state index in [4.69, 9.17) is 4.74 Å². The minimum atomic E-state index is -0.351. The van der Waals surface area contributed by atoms with E-state index in [1.54, 1.807) is 12.0 Å². The monoisotopic (exact) mass is 282 g/mol. The van der Waals surface area contributed by atoms with E-state index in [0.717, 1.165) is 38.7 Å². The van der Waals surface area contributed by atoms with Crippen LogP contribution < -0.4 is 5.32 Å². The van der Waals surface area contributed by atoms with Gasteiger partial charge in [-0.3, -0.25) is 9.59 Å². The summed E-state index contributed by atoms with van der Waals surface area (Å²) >= 11 is 0. The Morgan fingerprint density at radius 3 is 2.65 bits per heavy atom. The number of hydrogen-bond acceptors (Lipinski definition) is 3. The molecule has 2 atom stereocenters. The minimum absolute atomic E-state index is 0.0226. The molecule has 1 N–H and O–H groups in total. The van der Waals surface area contributed by atoms with Gasteiger partial charge in [-0.1, -0.05) is 13.3 Å². The van der Waals surface area contributed by atoms with Crippen molar-refractivity contribution in [2.45, 2.75) is 58.0 Å². The van der Waals surface area contributed by atoms with Crippen LogP contribution in [0.5, 0.6) is 0 Å². The van der Waals surface area contributed by atoms with Crippen LogP contribution in [0.3, 0.4) is 0 Å². The fourth-order valence-corrected chi connectivity index (χ4v) is 2.93. The molecule has 2 unspecified atom stereocenters. The van der Waals surface area contributed by atoms with E-state index in [0.29, 0.717) is 6.54 Å². The zero-order chi connectivity index (χ0) is 14.8. The molecule has 0 bridgehead atoms. The maximum atomic E-state index is 12.5. The van der Waals surface area contributed by atoms with Gasteiger partial charge in [0, 0.05) is 20.3 Å². The number of hydrogen-bond donors (Lipinski definition) is 1. The molecule has 0 aromatic carbocycles. The van der Waals surface area contributed by atoms with Gasteiger partial charge in [0.15, 0.2) is 0 Å². The Morgan fingerprint density at radius 2 is 2.10 bits per heavy atom. The summed E-state index contributed by atoms with van der Waals surface area (Å²) in [5, 5.41) is 2.84. The normalized spacial score (nSPS) is 28.4. The van der Waals surface area contributed by atoms with Crippen molar-refractivity contribution in [2.24, 2.45) is 5.41 Å². The molecule has 1 heterocycles. The molecule has 1 aliphatic carbocycles. The van der Waals surface area contributed by atoms with Gasteiger partial charge >= 0.3 is 0 Å². The van der Waals surface area contributed by atoms with Gasteiger partial charge in [0.2, 0.25) is 11.8 Å². The molecule has 1 aliphatic heterocycles. The first-order valence-corrected chi connectivity index (χ1v) is 7.63. The summed E-state index contributed by atoms with van der Waals surface area (Å²) in [6.45, 7) is 5.27. The molecule has 20 heavy (non-hydrogen) atoms. The maximum absolute atomic E-state index is 12.5. The van der Waals surface area contributed by atoms with E-state index in [-0.39, 0.29) is 29.3 Å². The predicted molar refractivity (Wildman–Crippen MR) is 76.2 cm³/mol. The van der Waals surface area contributed by atoms with E-state index in [9.17, 15) is 9.59 Å². The zero-order valence-electron chi connectivity index (χ0n) is 12.8. The number of rotatable bonds is 7. The molecule has 114 valence electrons. The van der Waals surface area contributed by atoms with Crippen LogP contribution in [0.15, 0.2) is 0 Å². The Morgan fingerprint density at radius 1 is 1.40 bits per heavy atom. The number of piperazine rings is 1. The average molecular weight is 282 g/mol. The number of ether oxygens (including phenoxy) is 1. The molecule has 0 aromatic heterocycles. The fourth-order valence-electron chi connectivity index (χ4n) is 2.93. The fraction of sp³-hybridized carbons (Fsp3) is 0.867. The first-order valence-electron chi connectivity index (χ1n) is 7.63. The maximum Gasteiger partial charge on any atom is 0.245 e. The van der Waals surface area contributed by atoms with Gasteiger partial charge in [-0.25, -0.2) is 0 Å². The van der Waals surface area contributed by atoms with Crippen molar-refractivity contribution in [1.29, 1.82) is 0 Å². The lowest BCUT2D eigenvalue weighted by Gasteiger charge is -2.39. The summed E-state index contributed by atoms with van der Waals surface area (Å²) in [5.41, 5.74) is 0.189. The highest BCUT2D eigenvalue weighted by molar-refractivity contribution is 5.96. The molecule has 5 nitrogen and oxygen atoms in total. The van der Waals surface area contributed by atoms with Crippen LogP contribution >= 0.6 is 0 Å². The second-order valence-electron chi connectivity index (χ2n) is 6.23. The highest BCUT2D eigenvalue weighted by atomic mass is 16.5. The highest BCUT2D eigenvalue weighted by Crippen LogP contribution is 2.49. The lowest BCUT2D eigenvalue weighted by Crippen LogP contribution is -2.63. The number of carbonyl (C=O) groups is 2.